The molecule has 0 spiro atoms. The molecule has 4 amide bonds. The normalized spacial score (nSPS) is 13.2. The Kier molecular flexibility index (Phi) is 9.19. The van der Waals surface area contributed by atoms with E-state index in [2.05, 4.69) is 10.6 Å². The molecule has 0 aromatic heterocycles. The van der Waals surface area contributed by atoms with Crippen LogP contribution in [0.3, 0.4) is 0 Å². The number of primary amides is 1. The maximum atomic E-state index is 14.1. The molecule has 3 rings (SSSR count). The van der Waals surface area contributed by atoms with Gasteiger partial charge in [0.2, 0.25) is 11.8 Å². The molecule has 4 N–H and O–H groups in total. The van der Waals surface area contributed by atoms with Crippen molar-refractivity contribution in [3.05, 3.63) is 78.4 Å². The van der Waals surface area contributed by atoms with Gasteiger partial charge >= 0.3 is 6.09 Å². The number of nitrogens with two attached hydrogens (primary N) is 1. The second-order valence-electron chi connectivity index (χ2n) is 11.6. The first-order valence-electron chi connectivity index (χ1n) is 13.1. The topological polar surface area (TPSA) is 131 Å². The van der Waals surface area contributed by atoms with Crippen molar-refractivity contribution in [2.45, 2.75) is 71.2 Å². The summed E-state index contributed by atoms with van der Waals surface area (Å²) in [7, 11) is 0. The lowest BCUT2D eigenvalue weighted by atomic mass is 9.94. The number of fused-ring (bicyclic) bond motifs is 1. The van der Waals surface area contributed by atoms with E-state index in [9.17, 15) is 19.2 Å². The fraction of sp³-hybridized carbons (Fsp3) is 0.355. The molecular weight excluding hydrogens is 508 g/mol. The lowest BCUT2D eigenvalue weighted by Crippen LogP contribution is -2.58. The number of benzene rings is 3. The van der Waals surface area contributed by atoms with E-state index < -0.39 is 53.5 Å². The Bertz CT molecular complexity index is 1380. The van der Waals surface area contributed by atoms with Gasteiger partial charge in [-0.1, -0.05) is 60.7 Å². The average Bonchev–Trinajstić information content (AvgIpc) is 2.84. The third-order valence-electron chi connectivity index (χ3n) is 5.99. The molecule has 2 atom stereocenters. The van der Waals surface area contributed by atoms with E-state index in [0.717, 1.165) is 10.8 Å². The maximum absolute atomic E-state index is 14.1. The molecule has 0 saturated carbocycles. The standard InChI is InChI=1S/C31H38N4O5/c1-30(2,3)35(28(38)24(19-25(32)36)34-29(39)40-31(4,5)6)26(21-13-8-7-9-14-21)27(37)33-23-17-16-20-12-10-11-15-22(20)18-23/h7-18,24,26H,19H2,1-6H3,(H2,32,36)(H,33,37)(H,34,39). The second-order valence-corrected chi connectivity index (χ2v) is 11.6. The molecule has 0 heterocycles. The molecule has 0 radical (unpaired) electrons. The van der Waals surface area contributed by atoms with E-state index in [-0.39, 0.29) is 0 Å². The number of carbonyl (C=O) groups is 4. The van der Waals surface area contributed by atoms with E-state index in [0.29, 0.717) is 11.3 Å². The number of ether oxygens (including phenoxy) is 1. The predicted molar refractivity (Wildman–Crippen MR) is 155 cm³/mol. The summed E-state index contributed by atoms with van der Waals surface area (Å²) in [6, 6.07) is 19.7. The molecule has 0 aliphatic heterocycles. The van der Waals surface area contributed by atoms with Crippen molar-refractivity contribution in [1.29, 1.82) is 0 Å². The third kappa shape index (κ3) is 8.05. The van der Waals surface area contributed by atoms with Crippen LogP contribution in [0, 0.1) is 0 Å². The van der Waals surface area contributed by atoms with Gasteiger partial charge in [-0.25, -0.2) is 4.79 Å². The van der Waals surface area contributed by atoms with Gasteiger partial charge in [-0.2, -0.15) is 0 Å². The first kappa shape index (κ1) is 30.1. The van der Waals surface area contributed by atoms with Crippen LogP contribution < -0.4 is 16.4 Å². The van der Waals surface area contributed by atoms with Crippen molar-refractivity contribution in [2.75, 3.05) is 5.32 Å². The Hall–Kier alpha value is -4.40. The zero-order chi connectivity index (χ0) is 29.7. The number of alkyl carbamates (subject to hydrolysis) is 1. The van der Waals surface area contributed by atoms with Gasteiger partial charge in [0, 0.05) is 11.2 Å². The minimum atomic E-state index is -1.36. The summed E-state index contributed by atoms with van der Waals surface area (Å²) in [5.74, 6) is -1.90. The van der Waals surface area contributed by atoms with Crippen LogP contribution in [0.5, 0.6) is 0 Å². The predicted octanol–water partition coefficient (Wildman–Crippen LogP) is 4.92. The Labute approximate surface area is 235 Å². The number of anilines is 1. The fourth-order valence-electron chi connectivity index (χ4n) is 4.39. The van der Waals surface area contributed by atoms with Crippen molar-refractivity contribution in [1.82, 2.24) is 10.2 Å². The fourth-order valence-corrected chi connectivity index (χ4v) is 4.39. The summed E-state index contributed by atoms with van der Waals surface area (Å²) in [4.78, 5) is 54.1. The van der Waals surface area contributed by atoms with E-state index in [4.69, 9.17) is 10.5 Å². The van der Waals surface area contributed by atoms with Crippen LogP contribution in [0.1, 0.15) is 59.6 Å². The quantitative estimate of drug-likeness (QED) is 0.369. The van der Waals surface area contributed by atoms with E-state index in [1.54, 1.807) is 71.9 Å². The minimum Gasteiger partial charge on any atom is -0.444 e. The molecule has 212 valence electrons. The summed E-state index contributed by atoms with van der Waals surface area (Å²) >= 11 is 0. The van der Waals surface area contributed by atoms with Gasteiger partial charge in [-0.3, -0.25) is 14.4 Å². The van der Waals surface area contributed by atoms with Crippen LogP contribution in [-0.4, -0.2) is 45.9 Å². The highest BCUT2D eigenvalue weighted by atomic mass is 16.6. The third-order valence-corrected chi connectivity index (χ3v) is 5.99. The Morgan fingerprint density at radius 2 is 1.45 bits per heavy atom. The monoisotopic (exact) mass is 546 g/mol. The van der Waals surface area contributed by atoms with Gasteiger partial charge in [0.15, 0.2) is 0 Å². The summed E-state index contributed by atoms with van der Waals surface area (Å²) in [6.45, 7) is 10.4. The van der Waals surface area contributed by atoms with Crippen molar-refractivity contribution in [3.63, 3.8) is 0 Å². The number of nitrogens with one attached hydrogen (secondary N) is 2. The zero-order valence-electron chi connectivity index (χ0n) is 23.9. The highest BCUT2D eigenvalue weighted by Crippen LogP contribution is 2.31. The molecule has 9 heteroatoms. The molecule has 9 nitrogen and oxygen atoms in total. The summed E-state index contributed by atoms with van der Waals surface area (Å²) in [5.41, 5.74) is 4.83. The van der Waals surface area contributed by atoms with Crippen LogP contribution >= 0.6 is 0 Å². The minimum absolute atomic E-state index is 0.458. The summed E-state index contributed by atoms with van der Waals surface area (Å²) in [5, 5.41) is 7.41. The number of hydrogen-bond acceptors (Lipinski definition) is 5. The van der Waals surface area contributed by atoms with Gasteiger partial charge in [0.1, 0.15) is 17.7 Å². The van der Waals surface area contributed by atoms with Crippen molar-refractivity contribution in [3.8, 4) is 0 Å². The Morgan fingerprint density at radius 1 is 0.850 bits per heavy atom. The number of rotatable bonds is 8. The van der Waals surface area contributed by atoms with Crippen LogP contribution in [0.2, 0.25) is 0 Å². The lowest BCUT2D eigenvalue weighted by Gasteiger charge is -2.43. The van der Waals surface area contributed by atoms with Crippen LogP contribution in [0.4, 0.5) is 10.5 Å². The first-order chi connectivity index (χ1) is 18.7. The smallest absolute Gasteiger partial charge is 0.408 e. The van der Waals surface area contributed by atoms with Crippen molar-refractivity contribution in [2.24, 2.45) is 5.73 Å². The Morgan fingerprint density at radius 3 is 2.02 bits per heavy atom. The Balaban J connectivity index is 2.04. The van der Waals surface area contributed by atoms with Crippen LogP contribution in [0.25, 0.3) is 10.8 Å². The highest BCUT2D eigenvalue weighted by molar-refractivity contribution is 6.01. The molecule has 0 bridgehead atoms. The maximum Gasteiger partial charge on any atom is 0.408 e. The molecule has 3 aromatic rings. The first-order valence-corrected chi connectivity index (χ1v) is 13.1. The van der Waals surface area contributed by atoms with Crippen LogP contribution in [0.15, 0.2) is 72.8 Å². The van der Waals surface area contributed by atoms with Crippen molar-refractivity contribution >= 4 is 40.3 Å². The second kappa shape index (κ2) is 12.2. The average molecular weight is 547 g/mol. The lowest BCUT2D eigenvalue weighted by molar-refractivity contribution is -0.147. The molecule has 3 aromatic carbocycles. The zero-order valence-corrected chi connectivity index (χ0v) is 23.9. The van der Waals surface area contributed by atoms with Gasteiger partial charge < -0.3 is 26.0 Å². The molecule has 0 saturated heterocycles. The largest absolute Gasteiger partial charge is 0.444 e. The number of nitrogens with zero attached hydrogens (tertiary/aromatic N) is 1. The highest BCUT2D eigenvalue weighted by Gasteiger charge is 2.42. The van der Waals surface area contributed by atoms with Crippen LogP contribution in [-0.2, 0) is 19.1 Å². The number of amides is 4. The van der Waals surface area contributed by atoms with E-state index >= 15 is 0 Å². The van der Waals surface area contributed by atoms with Gasteiger partial charge in [0.25, 0.3) is 5.91 Å². The molecule has 2 unspecified atom stereocenters. The van der Waals surface area contributed by atoms with Gasteiger partial charge in [-0.05, 0) is 70.0 Å². The molecule has 40 heavy (non-hydrogen) atoms. The van der Waals surface area contributed by atoms with E-state index in [1.165, 1.54) is 4.90 Å². The molecule has 0 fully saturated rings. The number of hydrogen-bond donors (Lipinski definition) is 3. The molecule has 0 aliphatic carbocycles. The summed E-state index contributed by atoms with van der Waals surface area (Å²) < 4.78 is 5.32. The van der Waals surface area contributed by atoms with Gasteiger partial charge in [0.05, 0.1) is 6.42 Å². The summed E-state index contributed by atoms with van der Waals surface area (Å²) in [6.07, 6.45) is -1.35. The molecule has 0 aliphatic rings. The van der Waals surface area contributed by atoms with E-state index in [1.807, 2.05) is 42.5 Å². The van der Waals surface area contributed by atoms with Crippen molar-refractivity contribution < 1.29 is 23.9 Å². The molecular formula is C31H38N4O5. The van der Waals surface area contributed by atoms with Gasteiger partial charge in [-0.15, -0.1) is 0 Å². The number of carbonyl (C=O) groups excluding carboxylic acids is 4. The SMILES string of the molecule is CC(C)(C)OC(=O)NC(CC(N)=O)C(=O)N(C(C(=O)Nc1ccc2ccccc2c1)c1ccccc1)C(C)(C)C.